The molecule has 0 spiro atoms. The molecule has 0 saturated carbocycles. The average Bonchev–Trinajstić information content (AvgIpc) is 2.87. The maximum Gasteiger partial charge on any atom is 0.237 e. The van der Waals surface area contributed by atoms with Crippen LogP contribution in [0.2, 0.25) is 0 Å². The number of amides is 1. The van der Waals surface area contributed by atoms with Crippen molar-refractivity contribution in [3.8, 4) is 0 Å². The van der Waals surface area contributed by atoms with Crippen molar-refractivity contribution in [2.45, 2.75) is 25.4 Å². The number of hydrogen-bond donors (Lipinski definition) is 2. The highest BCUT2D eigenvalue weighted by Gasteiger charge is 2.21. The molecule has 0 unspecified atom stereocenters. The summed E-state index contributed by atoms with van der Waals surface area (Å²) in [6, 6.07) is -0.00381. The van der Waals surface area contributed by atoms with E-state index in [2.05, 4.69) is 20.2 Å². The number of carbonyl (C=O) groups excluding carboxylic acids is 1. The van der Waals surface area contributed by atoms with E-state index in [1.54, 1.807) is 6.20 Å². The fourth-order valence-corrected chi connectivity index (χ4v) is 1.90. The standard InChI is InChI=1S/C8H12N4OS/c13-8(7-2-1-3-9-7)10-4-6-5-11-12-14-6/h5,7,9H,1-4H2,(H,10,13)/t7-/m0/s1. The quantitative estimate of drug-likeness (QED) is 0.734. The molecule has 1 aliphatic rings. The van der Waals surface area contributed by atoms with Crippen LogP contribution in [0.4, 0.5) is 0 Å². The first kappa shape index (κ1) is 9.54. The van der Waals surface area contributed by atoms with Gasteiger partial charge in [-0.1, -0.05) is 4.49 Å². The van der Waals surface area contributed by atoms with Crippen LogP contribution in [0.1, 0.15) is 17.7 Å². The van der Waals surface area contributed by atoms with Gasteiger partial charge in [-0.15, -0.1) is 5.10 Å². The Morgan fingerprint density at radius 3 is 3.36 bits per heavy atom. The molecule has 6 heteroatoms. The minimum atomic E-state index is -0.00381. The minimum Gasteiger partial charge on any atom is -0.350 e. The van der Waals surface area contributed by atoms with Crippen molar-refractivity contribution >= 4 is 17.4 Å². The van der Waals surface area contributed by atoms with Crippen LogP contribution in [-0.2, 0) is 11.3 Å². The molecular formula is C8H12N4OS. The molecular weight excluding hydrogens is 200 g/mol. The van der Waals surface area contributed by atoms with Gasteiger partial charge in [0.2, 0.25) is 5.91 Å². The van der Waals surface area contributed by atoms with Crippen molar-refractivity contribution in [1.29, 1.82) is 0 Å². The molecule has 1 aromatic rings. The van der Waals surface area contributed by atoms with E-state index in [4.69, 9.17) is 0 Å². The fourth-order valence-electron chi connectivity index (χ4n) is 1.47. The third-order valence-corrected chi connectivity index (χ3v) is 2.88. The number of nitrogens with one attached hydrogen (secondary N) is 2. The molecule has 1 aromatic heterocycles. The summed E-state index contributed by atoms with van der Waals surface area (Å²) >= 11 is 1.31. The number of hydrogen-bond acceptors (Lipinski definition) is 5. The van der Waals surface area contributed by atoms with Crippen molar-refractivity contribution in [1.82, 2.24) is 20.2 Å². The van der Waals surface area contributed by atoms with Gasteiger partial charge in [0.1, 0.15) is 0 Å². The molecule has 1 fully saturated rings. The van der Waals surface area contributed by atoms with Gasteiger partial charge in [-0.3, -0.25) is 4.79 Å². The summed E-state index contributed by atoms with van der Waals surface area (Å²) in [6.45, 7) is 1.48. The summed E-state index contributed by atoms with van der Waals surface area (Å²) in [5.41, 5.74) is 0. The Morgan fingerprint density at radius 1 is 1.79 bits per heavy atom. The molecule has 0 aromatic carbocycles. The van der Waals surface area contributed by atoms with E-state index in [-0.39, 0.29) is 11.9 Å². The normalized spacial score (nSPS) is 21.0. The third-order valence-electron chi connectivity index (χ3n) is 2.22. The van der Waals surface area contributed by atoms with Crippen molar-refractivity contribution in [2.24, 2.45) is 0 Å². The molecule has 5 nitrogen and oxygen atoms in total. The van der Waals surface area contributed by atoms with Gasteiger partial charge in [-0.25, -0.2) is 0 Å². The number of rotatable bonds is 3. The zero-order chi connectivity index (χ0) is 9.80. The smallest absolute Gasteiger partial charge is 0.237 e. The molecule has 76 valence electrons. The van der Waals surface area contributed by atoms with E-state index in [1.165, 1.54) is 11.5 Å². The maximum absolute atomic E-state index is 11.5. The summed E-state index contributed by atoms with van der Waals surface area (Å²) in [6.07, 6.45) is 3.69. The summed E-state index contributed by atoms with van der Waals surface area (Å²) in [7, 11) is 0. The Kier molecular flexibility index (Phi) is 3.05. The minimum absolute atomic E-state index is 0.00381. The lowest BCUT2D eigenvalue weighted by Gasteiger charge is -2.09. The van der Waals surface area contributed by atoms with E-state index < -0.39 is 0 Å². The van der Waals surface area contributed by atoms with Crippen molar-refractivity contribution in [3.05, 3.63) is 11.1 Å². The van der Waals surface area contributed by atoms with E-state index in [1.807, 2.05) is 0 Å². The third kappa shape index (κ3) is 2.27. The number of nitrogens with zero attached hydrogens (tertiary/aromatic N) is 2. The molecule has 1 atom stereocenters. The highest BCUT2D eigenvalue weighted by Crippen LogP contribution is 2.06. The molecule has 1 aliphatic heterocycles. The van der Waals surface area contributed by atoms with Gasteiger partial charge in [0, 0.05) is 0 Å². The number of carbonyl (C=O) groups is 1. The molecule has 1 saturated heterocycles. The monoisotopic (exact) mass is 212 g/mol. The van der Waals surface area contributed by atoms with Crippen LogP contribution >= 0.6 is 11.5 Å². The molecule has 1 amide bonds. The van der Waals surface area contributed by atoms with E-state index in [9.17, 15) is 4.79 Å². The Labute approximate surface area is 86.1 Å². The molecule has 0 radical (unpaired) electrons. The van der Waals surface area contributed by atoms with Crippen LogP contribution in [-0.4, -0.2) is 28.1 Å². The van der Waals surface area contributed by atoms with Crippen LogP contribution in [0.15, 0.2) is 6.20 Å². The molecule has 2 heterocycles. The van der Waals surface area contributed by atoms with E-state index in [0.717, 1.165) is 24.3 Å². The molecule has 0 bridgehead atoms. The lowest BCUT2D eigenvalue weighted by Crippen LogP contribution is -2.39. The van der Waals surface area contributed by atoms with Gasteiger partial charge in [0.15, 0.2) is 0 Å². The predicted molar refractivity (Wildman–Crippen MR) is 52.8 cm³/mol. The lowest BCUT2D eigenvalue weighted by molar-refractivity contribution is -0.122. The highest BCUT2D eigenvalue weighted by molar-refractivity contribution is 7.05. The zero-order valence-corrected chi connectivity index (χ0v) is 8.51. The van der Waals surface area contributed by atoms with Crippen molar-refractivity contribution in [2.75, 3.05) is 6.54 Å². The van der Waals surface area contributed by atoms with Gasteiger partial charge < -0.3 is 10.6 Å². The zero-order valence-electron chi connectivity index (χ0n) is 7.69. The largest absolute Gasteiger partial charge is 0.350 e. The molecule has 0 aliphatic carbocycles. The number of aromatic nitrogens is 2. The summed E-state index contributed by atoms with van der Waals surface area (Å²) in [4.78, 5) is 12.5. The van der Waals surface area contributed by atoms with E-state index >= 15 is 0 Å². The van der Waals surface area contributed by atoms with Gasteiger partial charge in [-0.2, -0.15) is 0 Å². The highest BCUT2D eigenvalue weighted by atomic mass is 32.1. The Hall–Kier alpha value is -1.01. The lowest BCUT2D eigenvalue weighted by atomic mass is 10.2. The van der Waals surface area contributed by atoms with Gasteiger partial charge in [0.05, 0.1) is 23.7 Å². The Balaban J connectivity index is 1.77. The van der Waals surface area contributed by atoms with Gasteiger partial charge >= 0.3 is 0 Å². The first-order valence-corrected chi connectivity index (χ1v) is 5.41. The summed E-state index contributed by atoms with van der Waals surface area (Å²) < 4.78 is 3.72. The van der Waals surface area contributed by atoms with Crippen LogP contribution in [0.5, 0.6) is 0 Å². The summed E-state index contributed by atoms with van der Waals surface area (Å²) in [5.74, 6) is 0.0795. The molecule has 2 rings (SSSR count). The predicted octanol–water partition coefficient (Wildman–Crippen LogP) is -0.0937. The van der Waals surface area contributed by atoms with Gasteiger partial charge in [-0.05, 0) is 30.9 Å². The topological polar surface area (TPSA) is 66.9 Å². The molecule has 2 N–H and O–H groups in total. The first-order valence-electron chi connectivity index (χ1n) is 4.63. The van der Waals surface area contributed by atoms with Crippen LogP contribution in [0.3, 0.4) is 0 Å². The maximum atomic E-state index is 11.5. The second-order valence-corrected chi connectivity index (χ2v) is 4.12. The molecule has 14 heavy (non-hydrogen) atoms. The summed E-state index contributed by atoms with van der Waals surface area (Å²) in [5, 5.41) is 9.70. The Morgan fingerprint density at radius 2 is 2.71 bits per heavy atom. The second-order valence-electron chi connectivity index (χ2n) is 3.25. The van der Waals surface area contributed by atoms with Crippen LogP contribution in [0, 0.1) is 0 Å². The van der Waals surface area contributed by atoms with Crippen LogP contribution < -0.4 is 10.6 Å². The Bertz CT molecular complexity index is 294. The van der Waals surface area contributed by atoms with Gasteiger partial charge in [0.25, 0.3) is 0 Å². The fraction of sp³-hybridized carbons (Fsp3) is 0.625. The van der Waals surface area contributed by atoms with E-state index in [0.29, 0.717) is 6.54 Å². The second kappa shape index (κ2) is 4.47. The first-order chi connectivity index (χ1) is 6.86. The van der Waals surface area contributed by atoms with Crippen molar-refractivity contribution in [3.63, 3.8) is 0 Å². The van der Waals surface area contributed by atoms with Crippen molar-refractivity contribution < 1.29 is 4.79 Å². The SMILES string of the molecule is O=C(NCc1cnns1)[C@@H]1CCCN1. The average molecular weight is 212 g/mol. The van der Waals surface area contributed by atoms with Crippen LogP contribution in [0.25, 0.3) is 0 Å².